The molecule has 0 spiro atoms. The first-order valence-electron chi connectivity index (χ1n) is 4.60. The molecule has 2 N–H and O–H groups in total. The van der Waals surface area contributed by atoms with Crippen LogP contribution in [-0.4, -0.2) is 15.0 Å². The maximum atomic E-state index is 5.90. The van der Waals surface area contributed by atoms with Gasteiger partial charge in [0.2, 0.25) is 0 Å². The number of aryl methyl sites for hydroxylation is 1. The molecule has 2 aromatic rings. The van der Waals surface area contributed by atoms with Crippen LogP contribution < -0.4 is 5.32 Å². The lowest BCUT2D eigenvalue weighted by Gasteiger charge is -2.05. The molecule has 2 aromatic heterocycles. The molecular weight excluding hydrogens is 212 g/mol. The van der Waals surface area contributed by atoms with Gasteiger partial charge in [0, 0.05) is 11.9 Å². The van der Waals surface area contributed by atoms with Gasteiger partial charge < -0.3 is 10.3 Å². The summed E-state index contributed by atoms with van der Waals surface area (Å²) in [6.07, 6.45) is 3.34. The van der Waals surface area contributed by atoms with Gasteiger partial charge >= 0.3 is 0 Å². The molecule has 4 nitrogen and oxygen atoms in total. The summed E-state index contributed by atoms with van der Waals surface area (Å²) in [5.74, 6) is 0. The van der Waals surface area contributed by atoms with E-state index in [-0.39, 0.29) is 0 Å². The number of hydrogen-bond acceptors (Lipinski definition) is 3. The Labute approximate surface area is 92.7 Å². The Morgan fingerprint density at radius 1 is 1.47 bits per heavy atom. The second-order valence-electron chi connectivity index (χ2n) is 3.17. The average Bonchev–Trinajstić information content (AvgIpc) is 2.63. The number of hydrogen-bond donors (Lipinski definition) is 2. The Kier molecular flexibility index (Phi) is 2.87. The highest BCUT2D eigenvalue weighted by Crippen LogP contribution is 2.18. The van der Waals surface area contributed by atoms with Crippen LogP contribution in [0.3, 0.4) is 0 Å². The monoisotopic (exact) mass is 222 g/mol. The third-order valence-corrected chi connectivity index (χ3v) is 2.44. The van der Waals surface area contributed by atoms with Gasteiger partial charge in [0.1, 0.15) is 0 Å². The molecule has 15 heavy (non-hydrogen) atoms. The minimum atomic E-state index is 0.477. The molecule has 2 heterocycles. The molecule has 0 amide bonds. The lowest BCUT2D eigenvalue weighted by Crippen LogP contribution is -2.02. The molecule has 0 aliphatic rings. The van der Waals surface area contributed by atoms with Crippen molar-refractivity contribution in [2.24, 2.45) is 0 Å². The van der Waals surface area contributed by atoms with Gasteiger partial charge in [0.25, 0.3) is 0 Å². The van der Waals surface area contributed by atoms with E-state index in [1.165, 1.54) is 0 Å². The van der Waals surface area contributed by atoms with Crippen LogP contribution in [-0.2, 0) is 6.54 Å². The first kappa shape index (κ1) is 9.98. The third-order valence-electron chi connectivity index (χ3n) is 2.14. The zero-order chi connectivity index (χ0) is 10.7. The predicted octanol–water partition coefficient (Wildman–Crippen LogP) is 2.38. The molecule has 0 atom stereocenters. The average molecular weight is 223 g/mol. The molecule has 0 radical (unpaired) electrons. The van der Waals surface area contributed by atoms with E-state index in [0.717, 1.165) is 17.1 Å². The molecule has 0 saturated heterocycles. The van der Waals surface area contributed by atoms with E-state index in [1.807, 2.05) is 19.1 Å². The summed E-state index contributed by atoms with van der Waals surface area (Å²) in [4.78, 5) is 11.2. The molecule has 0 aromatic carbocycles. The van der Waals surface area contributed by atoms with Crippen molar-refractivity contribution in [2.75, 3.05) is 5.32 Å². The second kappa shape index (κ2) is 4.31. The maximum absolute atomic E-state index is 5.90. The number of halogens is 1. The highest BCUT2D eigenvalue weighted by atomic mass is 35.5. The lowest BCUT2D eigenvalue weighted by atomic mass is 10.3. The van der Waals surface area contributed by atoms with E-state index >= 15 is 0 Å². The Morgan fingerprint density at radius 3 is 3.00 bits per heavy atom. The molecule has 0 aliphatic heterocycles. The predicted molar refractivity (Wildman–Crippen MR) is 59.9 cm³/mol. The molecule has 78 valence electrons. The Morgan fingerprint density at radius 2 is 2.33 bits per heavy atom. The SMILES string of the molecule is Cc1[nH]cnc1CNc1cccnc1Cl. The van der Waals surface area contributed by atoms with Crippen molar-refractivity contribution in [3.05, 3.63) is 41.2 Å². The molecular formula is C10H11ClN4. The number of aromatic amines is 1. The van der Waals surface area contributed by atoms with Gasteiger partial charge in [-0.25, -0.2) is 9.97 Å². The number of imidazole rings is 1. The topological polar surface area (TPSA) is 53.6 Å². The lowest BCUT2D eigenvalue weighted by molar-refractivity contribution is 1.05. The van der Waals surface area contributed by atoms with Crippen molar-refractivity contribution >= 4 is 17.3 Å². The largest absolute Gasteiger partial charge is 0.377 e. The molecule has 2 rings (SSSR count). The normalized spacial score (nSPS) is 10.3. The fourth-order valence-corrected chi connectivity index (χ4v) is 1.45. The van der Waals surface area contributed by atoms with Gasteiger partial charge in [-0.1, -0.05) is 11.6 Å². The van der Waals surface area contributed by atoms with E-state index < -0.39 is 0 Å². The standard InChI is InChI=1S/C10H11ClN4/c1-7-9(15-6-14-7)5-13-8-3-2-4-12-10(8)11/h2-4,6,13H,5H2,1H3,(H,14,15). The zero-order valence-corrected chi connectivity index (χ0v) is 9.04. The molecule has 5 heteroatoms. The number of pyridine rings is 1. The summed E-state index contributed by atoms with van der Waals surface area (Å²) in [6, 6.07) is 3.73. The fourth-order valence-electron chi connectivity index (χ4n) is 1.26. The van der Waals surface area contributed by atoms with E-state index in [9.17, 15) is 0 Å². The van der Waals surface area contributed by atoms with Gasteiger partial charge in [-0.05, 0) is 19.1 Å². The Bertz CT molecular complexity index is 452. The molecule has 0 bridgehead atoms. The van der Waals surface area contributed by atoms with E-state index in [1.54, 1.807) is 12.5 Å². The summed E-state index contributed by atoms with van der Waals surface area (Å²) in [5.41, 5.74) is 2.86. The van der Waals surface area contributed by atoms with Gasteiger partial charge in [0.15, 0.2) is 5.15 Å². The van der Waals surface area contributed by atoms with Crippen molar-refractivity contribution in [1.29, 1.82) is 0 Å². The maximum Gasteiger partial charge on any atom is 0.152 e. The highest BCUT2D eigenvalue weighted by molar-refractivity contribution is 6.31. The summed E-state index contributed by atoms with van der Waals surface area (Å²) in [5, 5.41) is 3.66. The Balaban J connectivity index is 2.06. The second-order valence-corrected chi connectivity index (χ2v) is 3.53. The minimum Gasteiger partial charge on any atom is -0.377 e. The minimum absolute atomic E-state index is 0.477. The summed E-state index contributed by atoms with van der Waals surface area (Å²) in [7, 11) is 0. The molecule has 0 saturated carbocycles. The zero-order valence-electron chi connectivity index (χ0n) is 8.29. The van der Waals surface area contributed by atoms with Gasteiger partial charge in [-0.3, -0.25) is 0 Å². The van der Waals surface area contributed by atoms with Crippen LogP contribution in [0.25, 0.3) is 0 Å². The molecule has 0 unspecified atom stereocenters. The first-order chi connectivity index (χ1) is 7.27. The number of rotatable bonds is 3. The fraction of sp³-hybridized carbons (Fsp3) is 0.200. The summed E-state index contributed by atoms with van der Waals surface area (Å²) < 4.78 is 0. The number of nitrogens with zero attached hydrogens (tertiary/aromatic N) is 2. The number of nitrogens with one attached hydrogen (secondary N) is 2. The van der Waals surface area contributed by atoms with Crippen LogP contribution in [0.1, 0.15) is 11.4 Å². The van der Waals surface area contributed by atoms with Crippen molar-refractivity contribution in [3.63, 3.8) is 0 Å². The van der Waals surface area contributed by atoms with Crippen LogP contribution in [0.5, 0.6) is 0 Å². The smallest absolute Gasteiger partial charge is 0.152 e. The first-order valence-corrected chi connectivity index (χ1v) is 4.98. The number of H-pyrrole nitrogens is 1. The molecule has 0 aliphatic carbocycles. The van der Waals surface area contributed by atoms with Gasteiger partial charge in [-0.15, -0.1) is 0 Å². The van der Waals surface area contributed by atoms with Gasteiger partial charge in [0.05, 0.1) is 24.3 Å². The van der Waals surface area contributed by atoms with E-state index in [4.69, 9.17) is 11.6 Å². The van der Waals surface area contributed by atoms with Crippen LogP contribution in [0.15, 0.2) is 24.7 Å². The quantitative estimate of drug-likeness (QED) is 0.784. The van der Waals surface area contributed by atoms with Crippen LogP contribution >= 0.6 is 11.6 Å². The Hall–Kier alpha value is -1.55. The van der Waals surface area contributed by atoms with E-state index in [0.29, 0.717) is 11.7 Å². The highest BCUT2D eigenvalue weighted by Gasteiger charge is 2.02. The van der Waals surface area contributed by atoms with Crippen molar-refractivity contribution in [2.45, 2.75) is 13.5 Å². The van der Waals surface area contributed by atoms with Crippen molar-refractivity contribution < 1.29 is 0 Å². The van der Waals surface area contributed by atoms with Crippen LogP contribution in [0.4, 0.5) is 5.69 Å². The summed E-state index contributed by atoms with van der Waals surface area (Å²) in [6.45, 7) is 2.62. The number of anilines is 1. The summed E-state index contributed by atoms with van der Waals surface area (Å²) >= 11 is 5.90. The van der Waals surface area contributed by atoms with Gasteiger partial charge in [-0.2, -0.15) is 0 Å². The van der Waals surface area contributed by atoms with Crippen molar-refractivity contribution in [1.82, 2.24) is 15.0 Å². The van der Waals surface area contributed by atoms with Crippen LogP contribution in [0, 0.1) is 6.92 Å². The van der Waals surface area contributed by atoms with Crippen molar-refractivity contribution in [3.8, 4) is 0 Å². The molecule has 0 fully saturated rings. The van der Waals surface area contributed by atoms with Crippen LogP contribution in [0.2, 0.25) is 5.15 Å². The van der Waals surface area contributed by atoms with E-state index in [2.05, 4.69) is 20.3 Å². The third kappa shape index (κ3) is 2.27. The number of aromatic nitrogens is 3.